The van der Waals surface area contributed by atoms with Gasteiger partial charge in [0.25, 0.3) is 0 Å². The van der Waals surface area contributed by atoms with E-state index in [2.05, 4.69) is 15.4 Å². The number of likely N-dealkylation sites (N-methyl/N-ethyl adjacent to an activating group) is 1. The Balaban J connectivity index is 2.23. The number of carboxylic acid groups (broad SMARTS) is 1. The van der Waals surface area contributed by atoms with Crippen molar-refractivity contribution in [1.29, 1.82) is 0 Å². The third-order valence-electron chi connectivity index (χ3n) is 4.05. The van der Waals surface area contributed by atoms with E-state index in [1.165, 1.54) is 0 Å². The van der Waals surface area contributed by atoms with Crippen LogP contribution in [0.1, 0.15) is 26.2 Å². The first-order valence-corrected chi connectivity index (χ1v) is 7.77. The molecule has 1 saturated carbocycles. The predicted molar refractivity (Wildman–Crippen MR) is 79.7 cm³/mol. The number of aliphatic carboxylic acids is 1. The molecule has 0 aromatic rings. The van der Waals surface area contributed by atoms with Crippen molar-refractivity contribution in [3.63, 3.8) is 0 Å². The Hall–Kier alpha value is -1.55. The van der Waals surface area contributed by atoms with E-state index in [0.29, 0.717) is 19.4 Å². The Labute approximate surface area is 138 Å². The first-order chi connectivity index (χ1) is 11.2. The number of hydrogen-bond acceptors (Lipinski definition) is 4. The fourth-order valence-electron chi connectivity index (χ4n) is 2.65. The van der Waals surface area contributed by atoms with Gasteiger partial charge in [-0.3, -0.25) is 9.69 Å². The van der Waals surface area contributed by atoms with Crippen LogP contribution < -0.4 is 10.6 Å². The summed E-state index contributed by atoms with van der Waals surface area (Å²) in [5, 5.41) is 13.8. The third-order valence-corrected chi connectivity index (χ3v) is 4.05. The summed E-state index contributed by atoms with van der Waals surface area (Å²) < 4.78 is 41.7. The quantitative estimate of drug-likeness (QED) is 0.578. The van der Waals surface area contributed by atoms with Crippen molar-refractivity contribution in [2.24, 2.45) is 0 Å². The summed E-state index contributed by atoms with van der Waals surface area (Å²) in [4.78, 5) is 24.2. The summed E-state index contributed by atoms with van der Waals surface area (Å²) in [5.41, 5.74) is 0. The molecule has 0 aliphatic heterocycles. The van der Waals surface area contributed by atoms with Crippen LogP contribution in [-0.2, 0) is 9.53 Å². The number of amides is 2. The molecule has 0 aromatic carbocycles. The first-order valence-electron chi connectivity index (χ1n) is 7.77. The molecule has 1 fully saturated rings. The van der Waals surface area contributed by atoms with Crippen molar-refractivity contribution < 1.29 is 32.6 Å². The molecule has 0 saturated heterocycles. The molecule has 1 atom stereocenters. The standard InChI is InChI=1S/C14H24F3N3O4/c1-3-20(8-12(21)22)10-6-9(7-10)19-13(23)18-5-4-11(24-2)14(15,16)17/h9-11H,3-8H2,1-2H3,(H,21,22)(H2,18,19,23). The van der Waals surface area contributed by atoms with Crippen molar-refractivity contribution in [2.75, 3.05) is 26.7 Å². The van der Waals surface area contributed by atoms with Crippen molar-refractivity contribution >= 4 is 12.0 Å². The second kappa shape index (κ2) is 9.07. The number of carbonyl (C=O) groups is 2. The molecule has 3 N–H and O–H groups in total. The monoisotopic (exact) mass is 355 g/mol. The molecular formula is C14H24F3N3O4. The summed E-state index contributed by atoms with van der Waals surface area (Å²) in [6.45, 7) is 2.27. The van der Waals surface area contributed by atoms with E-state index in [0.717, 1.165) is 7.11 Å². The Morgan fingerprint density at radius 3 is 2.46 bits per heavy atom. The van der Waals surface area contributed by atoms with Gasteiger partial charge in [0.15, 0.2) is 6.10 Å². The number of nitrogens with zero attached hydrogens (tertiary/aromatic N) is 1. The minimum Gasteiger partial charge on any atom is -0.480 e. The maximum absolute atomic E-state index is 12.5. The number of rotatable bonds is 9. The minimum absolute atomic E-state index is 0.0457. The van der Waals surface area contributed by atoms with E-state index in [1.54, 1.807) is 0 Å². The molecule has 1 aliphatic rings. The van der Waals surface area contributed by atoms with Crippen LogP contribution in [0.25, 0.3) is 0 Å². The largest absolute Gasteiger partial charge is 0.480 e. The maximum Gasteiger partial charge on any atom is 0.414 e. The highest BCUT2D eigenvalue weighted by molar-refractivity contribution is 5.74. The topological polar surface area (TPSA) is 90.9 Å². The van der Waals surface area contributed by atoms with E-state index in [-0.39, 0.29) is 31.6 Å². The Morgan fingerprint density at radius 1 is 1.38 bits per heavy atom. The zero-order valence-electron chi connectivity index (χ0n) is 13.7. The molecule has 7 nitrogen and oxygen atoms in total. The van der Waals surface area contributed by atoms with Crippen LogP contribution in [0.5, 0.6) is 0 Å². The highest BCUT2D eigenvalue weighted by Gasteiger charge is 2.39. The zero-order chi connectivity index (χ0) is 18.3. The van der Waals surface area contributed by atoms with Crippen molar-refractivity contribution in [3.05, 3.63) is 0 Å². The van der Waals surface area contributed by atoms with E-state index in [4.69, 9.17) is 5.11 Å². The molecule has 24 heavy (non-hydrogen) atoms. The molecule has 1 unspecified atom stereocenters. The van der Waals surface area contributed by atoms with Crippen molar-refractivity contribution in [3.8, 4) is 0 Å². The lowest BCUT2D eigenvalue weighted by atomic mass is 9.85. The molecule has 0 heterocycles. The lowest BCUT2D eigenvalue weighted by molar-refractivity contribution is -0.213. The number of hydrogen-bond donors (Lipinski definition) is 3. The summed E-state index contributed by atoms with van der Waals surface area (Å²) >= 11 is 0. The van der Waals surface area contributed by atoms with Gasteiger partial charge in [-0.05, 0) is 25.8 Å². The Bertz CT molecular complexity index is 428. The number of halogens is 3. The van der Waals surface area contributed by atoms with Gasteiger partial charge in [-0.2, -0.15) is 13.2 Å². The van der Waals surface area contributed by atoms with Gasteiger partial charge >= 0.3 is 18.2 Å². The van der Waals surface area contributed by atoms with Crippen LogP contribution in [0.15, 0.2) is 0 Å². The van der Waals surface area contributed by atoms with E-state index in [1.807, 2.05) is 11.8 Å². The molecule has 0 bridgehead atoms. The molecule has 0 spiro atoms. The fourth-order valence-corrected chi connectivity index (χ4v) is 2.65. The molecule has 10 heteroatoms. The first kappa shape index (κ1) is 20.5. The van der Waals surface area contributed by atoms with Gasteiger partial charge < -0.3 is 20.5 Å². The lowest BCUT2D eigenvalue weighted by Gasteiger charge is -2.42. The third kappa shape index (κ3) is 6.52. The number of alkyl halides is 3. The van der Waals surface area contributed by atoms with Gasteiger partial charge in [-0.25, -0.2) is 4.79 Å². The zero-order valence-corrected chi connectivity index (χ0v) is 13.7. The summed E-state index contributed by atoms with van der Waals surface area (Å²) in [7, 11) is 0.976. The van der Waals surface area contributed by atoms with Crippen LogP contribution in [0.2, 0.25) is 0 Å². The average molecular weight is 355 g/mol. The van der Waals surface area contributed by atoms with Gasteiger partial charge in [0, 0.05) is 25.7 Å². The minimum atomic E-state index is -4.46. The average Bonchev–Trinajstić information content (AvgIpc) is 2.43. The molecule has 1 aliphatic carbocycles. The van der Waals surface area contributed by atoms with Crippen LogP contribution in [0.3, 0.4) is 0 Å². The SMILES string of the molecule is CCN(CC(=O)O)C1CC(NC(=O)NCCC(OC)C(F)(F)F)C1. The van der Waals surface area contributed by atoms with Gasteiger partial charge in [0.05, 0.1) is 6.54 Å². The number of urea groups is 1. The Kier molecular flexibility index (Phi) is 7.74. The smallest absolute Gasteiger partial charge is 0.414 e. The second-order valence-electron chi connectivity index (χ2n) is 5.73. The van der Waals surface area contributed by atoms with Crippen LogP contribution >= 0.6 is 0 Å². The second-order valence-corrected chi connectivity index (χ2v) is 5.73. The molecule has 2 amide bonds. The van der Waals surface area contributed by atoms with Gasteiger partial charge in [0.2, 0.25) is 0 Å². The molecule has 0 radical (unpaired) electrons. The highest BCUT2D eigenvalue weighted by atomic mass is 19.4. The van der Waals surface area contributed by atoms with Crippen molar-refractivity contribution in [2.45, 2.75) is 50.6 Å². The molecule has 0 aromatic heterocycles. The molecule has 140 valence electrons. The predicted octanol–water partition coefficient (Wildman–Crippen LogP) is 1.19. The van der Waals surface area contributed by atoms with Crippen LogP contribution in [-0.4, -0.2) is 73.1 Å². The van der Waals surface area contributed by atoms with E-state index >= 15 is 0 Å². The van der Waals surface area contributed by atoms with Crippen LogP contribution in [0.4, 0.5) is 18.0 Å². The van der Waals surface area contributed by atoms with Gasteiger partial charge in [-0.15, -0.1) is 0 Å². The summed E-state index contributed by atoms with van der Waals surface area (Å²) in [5.74, 6) is -0.900. The number of carbonyl (C=O) groups excluding carboxylic acids is 1. The number of carboxylic acids is 1. The normalized spacial score (nSPS) is 21.9. The van der Waals surface area contributed by atoms with E-state index < -0.39 is 24.3 Å². The van der Waals surface area contributed by atoms with Crippen LogP contribution in [0, 0.1) is 0 Å². The fraction of sp³-hybridized carbons (Fsp3) is 0.857. The molecule has 1 rings (SSSR count). The number of nitrogens with one attached hydrogen (secondary N) is 2. The van der Waals surface area contributed by atoms with Gasteiger partial charge in [-0.1, -0.05) is 6.92 Å². The van der Waals surface area contributed by atoms with E-state index in [9.17, 15) is 22.8 Å². The molecular weight excluding hydrogens is 331 g/mol. The van der Waals surface area contributed by atoms with Gasteiger partial charge in [0.1, 0.15) is 0 Å². The summed E-state index contributed by atoms with van der Waals surface area (Å²) in [6.07, 6.45) is -5.47. The highest BCUT2D eigenvalue weighted by Crippen LogP contribution is 2.26. The number of methoxy groups -OCH3 is 1. The maximum atomic E-state index is 12.5. The Morgan fingerprint density at radius 2 is 2.00 bits per heavy atom. The summed E-state index contributed by atoms with van der Waals surface area (Å²) in [6, 6.07) is -0.532. The number of ether oxygens (including phenoxy) is 1. The lowest BCUT2D eigenvalue weighted by Crippen LogP contribution is -2.56. The van der Waals surface area contributed by atoms with Crippen molar-refractivity contribution in [1.82, 2.24) is 15.5 Å².